The average Bonchev–Trinajstić information content (AvgIpc) is 2.88. The molecule has 0 atom stereocenters. The Bertz CT molecular complexity index is 882. The fraction of sp³-hybridized carbons (Fsp3) is 0.125. The Labute approximate surface area is 140 Å². The van der Waals surface area contributed by atoms with E-state index in [4.69, 9.17) is 16.3 Å². The smallest absolute Gasteiger partial charge is 0.260 e. The van der Waals surface area contributed by atoms with Gasteiger partial charge >= 0.3 is 0 Å². The van der Waals surface area contributed by atoms with E-state index in [1.54, 1.807) is 0 Å². The monoisotopic (exact) mass is 350 g/mol. The fourth-order valence-electron chi connectivity index (χ4n) is 2.05. The van der Waals surface area contributed by atoms with E-state index in [9.17, 15) is 9.18 Å². The van der Waals surface area contributed by atoms with Crippen LogP contribution in [0.5, 0.6) is 5.75 Å². The fourth-order valence-corrected chi connectivity index (χ4v) is 3.10. The van der Waals surface area contributed by atoms with E-state index < -0.39 is 11.7 Å². The maximum Gasteiger partial charge on any atom is 0.260 e. The van der Waals surface area contributed by atoms with Gasteiger partial charge in [0.15, 0.2) is 5.13 Å². The largest absolute Gasteiger partial charge is 0.494 e. The Hall–Kier alpha value is -2.18. The van der Waals surface area contributed by atoms with Crippen molar-refractivity contribution < 1.29 is 13.9 Å². The molecular weight excluding hydrogens is 339 g/mol. The molecule has 118 valence electrons. The van der Waals surface area contributed by atoms with Gasteiger partial charge in [-0.05, 0) is 43.3 Å². The van der Waals surface area contributed by atoms with Gasteiger partial charge in [0.2, 0.25) is 0 Å². The highest BCUT2D eigenvalue weighted by atomic mass is 35.5. The van der Waals surface area contributed by atoms with Gasteiger partial charge in [-0.1, -0.05) is 22.9 Å². The maximum absolute atomic E-state index is 13.8. The number of fused-ring (bicyclic) bond motifs is 1. The highest BCUT2D eigenvalue weighted by molar-refractivity contribution is 7.22. The van der Waals surface area contributed by atoms with Gasteiger partial charge in [-0.15, -0.1) is 0 Å². The van der Waals surface area contributed by atoms with Gasteiger partial charge in [0.25, 0.3) is 5.91 Å². The second kappa shape index (κ2) is 6.52. The van der Waals surface area contributed by atoms with Crippen molar-refractivity contribution >= 4 is 44.2 Å². The molecule has 0 radical (unpaired) electrons. The van der Waals surface area contributed by atoms with Crippen molar-refractivity contribution in [3.63, 3.8) is 0 Å². The third-order valence-corrected chi connectivity index (χ3v) is 4.24. The topological polar surface area (TPSA) is 51.2 Å². The van der Waals surface area contributed by atoms with Crippen molar-refractivity contribution in [2.45, 2.75) is 6.92 Å². The quantitative estimate of drug-likeness (QED) is 0.739. The number of aromatic nitrogens is 1. The molecule has 0 aliphatic rings. The second-order valence-electron chi connectivity index (χ2n) is 4.66. The van der Waals surface area contributed by atoms with Crippen molar-refractivity contribution in [2.24, 2.45) is 0 Å². The molecule has 7 heteroatoms. The number of hydrogen-bond acceptors (Lipinski definition) is 4. The van der Waals surface area contributed by atoms with E-state index in [-0.39, 0.29) is 10.6 Å². The zero-order chi connectivity index (χ0) is 16.4. The number of ether oxygens (including phenoxy) is 1. The molecule has 0 aliphatic heterocycles. The molecule has 0 spiro atoms. The Kier molecular flexibility index (Phi) is 4.45. The van der Waals surface area contributed by atoms with Crippen molar-refractivity contribution in [1.29, 1.82) is 0 Å². The summed E-state index contributed by atoms with van der Waals surface area (Å²) < 4.78 is 20.1. The van der Waals surface area contributed by atoms with Crippen LogP contribution in [0.25, 0.3) is 10.2 Å². The molecular formula is C16H12ClFN2O2S. The van der Waals surface area contributed by atoms with Gasteiger partial charge < -0.3 is 4.74 Å². The summed E-state index contributed by atoms with van der Waals surface area (Å²) in [4.78, 5) is 16.4. The molecule has 1 N–H and O–H groups in total. The normalized spacial score (nSPS) is 10.7. The lowest BCUT2D eigenvalue weighted by Crippen LogP contribution is -2.13. The summed E-state index contributed by atoms with van der Waals surface area (Å²) >= 11 is 6.98. The summed E-state index contributed by atoms with van der Waals surface area (Å²) in [6, 6.07) is 9.39. The minimum Gasteiger partial charge on any atom is -0.494 e. The molecule has 0 unspecified atom stereocenters. The first kappa shape index (κ1) is 15.7. The third-order valence-electron chi connectivity index (χ3n) is 3.07. The van der Waals surface area contributed by atoms with Crippen LogP contribution >= 0.6 is 22.9 Å². The van der Waals surface area contributed by atoms with Gasteiger partial charge in [-0.3, -0.25) is 10.1 Å². The van der Waals surface area contributed by atoms with Gasteiger partial charge in [0, 0.05) is 5.02 Å². The van der Waals surface area contributed by atoms with E-state index >= 15 is 0 Å². The zero-order valence-electron chi connectivity index (χ0n) is 12.1. The highest BCUT2D eigenvalue weighted by Gasteiger charge is 2.14. The minimum absolute atomic E-state index is 0.0799. The summed E-state index contributed by atoms with van der Waals surface area (Å²) in [6.07, 6.45) is 0. The molecule has 1 amide bonds. The third kappa shape index (κ3) is 3.43. The van der Waals surface area contributed by atoms with E-state index in [1.807, 2.05) is 25.1 Å². The number of nitrogens with one attached hydrogen (secondary N) is 1. The summed E-state index contributed by atoms with van der Waals surface area (Å²) in [6.45, 7) is 2.48. The van der Waals surface area contributed by atoms with E-state index in [1.165, 1.54) is 23.5 Å². The second-order valence-corrected chi connectivity index (χ2v) is 6.13. The van der Waals surface area contributed by atoms with Crippen LogP contribution in [0.2, 0.25) is 5.02 Å². The van der Waals surface area contributed by atoms with E-state index in [0.717, 1.165) is 22.0 Å². The molecule has 0 saturated heterocycles. The molecule has 3 aromatic rings. The number of anilines is 1. The predicted octanol–water partition coefficient (Wildman–Crippen LogP) is 4.74. The van der Waals surface area contributed by atoms with Crippen LogP contribution in [-0.4, -0.2) is 17.5 Å². The maximum atomic E-state index is 13.8. The van der Waals surface area contributed by atoms with E-state index in [2.05, 4.69) is 10.3 Å². The van der Waals surface area contributed by atoms with Crippen LogP contribution in [0.1, 0.15) is 17.3 Å². The lowest BCUT2D eigenvalue weighted by Gasteiger charge is -2.03. The number of nitrogens with zero attached hydrogens (tertiary/aromatic N) is 1. The molecule has 4 nitrogen and oxygen atoms in total. The Balaban J connectivity index is 1.84. The zero-order valence-corrected chi connectivity index (χ0v) is 13.7. The molecule has 23 heavy (non-hydrogen) atoms. The Morgan fingerprint density at radius 3 is 2.91 bits per heavy atom. The molecule has 1 aromatic heterocycles. The summed E-state index contributed by atoms with van der Waals surface area (Å²) in [5.74, 6) is -0.497. The van der Waals surface area contributed by atoms with Crippen LogP contribution < -0.4 is 10.1 Å². The lowest BCUT2D eigenvalue weighted by molar-refractivity contribution is 0.102. The van der Waals surface area contributed by atoms with Crippen LogP contribution in [0, 0.1) is 5.82 Å². The van der Waals surface area contributed by atoms with Crippen LogP contribution in [0.4, 0.5) is 9.52 Å². The number of halogens is 2. The van der Waals surface area contributed by atoms with E-state index in [0.29, 0.717) is 11.7 Å². The highest BCUT2D eigenvalue weighted by Crippen LogP contribution is 2.29. The number of thiazole rings is 1. The number of hydrogen-bond donors (Lipinski definition) is 1. The molecule has 1 heterocycles. The minimum atomic E-state index is -0.672. The molecule has 2 aromatic carbocycles. The average molecular weight is 351 g/mol. The number of rotatable bonds is 4. The summed E-state index contributed by atoms with van der Waals surface area (Å²) in [5, 5.41) is 3.24. The number of amides is 1. The Morgan fingerprint density at radius 2 is 2.17 bits per heavy atom. The molecule has 3 rings (SSSR count). The van der Waals surface area contributed by atoms with Crippen LogP contribution in [-0.2, 0) is 0 Å². The Morgan fingerprint density at radius 1 is 1.35 bits per heavy atom. The van der Waals surface area contributed by atoms with Crippen molar-refractivity contribution in [1.82, 2.24) is 4.98 Å². The molecule has 0 fully saturated rings. The summed E-state index contributed by atoms with van der Waals surface area (Å²) in [5.41, 5.74) is 0.661. The lowest BCUT2D eigenvalue weighted by atomic mass is 10.2. The van der Waals surface area contributed by atoms with Gasteiger partial charge in [0.1, 0.15) is 11.6 Å². The number of carbonyl (C=O) groups is 1. The molecule has 0 saturated carbocycles. The van der Waals surface area contributed by atoms with Gasteiger partial charge in [0.05, 0.1) is 22.4 Å². The van der Waals surface area contributed by atoms with Crippen molar-refractivity contribution in [2.75, 3.05) is 11.9 Å². The van der Waals surface area contributed by atoms with Crippen molar-refractivity contribution in [3.05, 3.63) is 52.8 Å². The predicted molar refractivity (Wildman–Crippen MR) is 90.2 cm³/mol. The first-order valence-electron chi connectivity index (χ1n) is 6.86. The SMILES string of the molecule is CCOc1ccc2nc(NC(=O)c3ccc(Cl)cc3F)sc2c1. The number of carbonyl (C=O) groups excluding carboxylic acids is 1. The number of benzene rings is 2. The van der Waals surface area contributed by atoms with Gasteiger partial charge in [-0.2, -0.15) is 0 Å². The first-order chi connectivity index (χ1) is 11.1. The van der Waals surface area contributed by atoms with Crippen LogP contribution in [0.3, 0.4) is 0 Å². The molecule has 0 bridgehead atoms. The first-order valence-corrected chi connectivity index (χ1v) is 8.06. The van der Waals surface area contributed by atoms with Gasteiger partial charge in [-0.25, -0.2) is 9.37 Å². The summed E-state index contributed by atoms with van der Waals surface area (Å²) in [7, 11) is 0. The molecule has 0 aliphatic carbocycles. The van der Waals surface area contributed by atoms with Crippen LogP contribution in [0.15, 0.2) is 36.4 Å². The van der Waals surface area contributed by atoms with Crippen molar-refractivity contribution in [3.8, 4) is 5.75 Å². The standard InChI is InChI=1S/C16H12ClFN2O2S/c1-2-22-10-4-6-13-14(8-10)23-16(19-13)20-15(21)11-5-3-9(17)7-12(11)18/h3-8H,2H2,1H3,(H,19,20,21).